The van der Waals surface area contributed by atoms with Crippen LogP contribution >= 0.6 is 0 Å². The van der Waals surface area contributed by atoms with E-state index in [1.54, 1.807) is 0 Å². The summed E-state index contributed by atoms with van der Waals surface area (Å²) in [6.07, 6.45) is 0. The first-order chi connectivity index (χ1) is 7.83. The molecule has 0 heterocycles. The van der Waals surface area contributed by atoms with Crippen LogP contribution in [0.25, 0.3) is 11.1 Å². The van der Waals surface area contributed by atoms with Gasteiger partial charge in [0, 0.05) is 6.54 Å². The predicted octanol–water partition coefficient (Wildman–Crippen LogP) is 2.68. The number of hydrogen-bond acceptors (Lipinski definition) is 2. The molecular weight excluding hydrogens is 196 g/mol. The molecule has 0 aromatic heterocycles. The average molecular weight is 208 g/mol. The third kappa shape index (κ3) is 2.10. The van der Waals surface area contributed by atoms with Crippen LogP contribution in [0.15, 0.2) is 48.5 Å². The Morgan fingerprint density at radius 1 is 0.875 bits per heavy atom. The Bertz CT molecular complexity index is 504. The van der Waals surface area contributed by atoms with Gasteiger partial charge in [0.2, 0.25) is 0 Å². The van der Waals surface area contributed by atoms with Gasteiger partial charge in [0.1, 0.15) is 0 Å². The van der Waals surface area contributed by atoms with Gasteiger partial charge in [-0.3, -0.25) is 0 Å². The predicted molar refractivity (Wildman–Crippen MR) is 64.5 cm³/mol. The molecule has 2 aromatic carbocycles. The van der Waals surface area contributed by atoms with E-state index in [0.29, 0.717) is 12.1 Å². The summed E-state index contributed by atoms with van der Waals surface area (Å²) >= 11 is 0. The van der Waals surface area contributed by atoms with Crippen molar-refractivity contribution in [2.24, 2.45) is 5.73 Å². The van der Waals surface area contributed by atoms with Crippen LogP contribution < -0.4 is 5.73 Å². The van der Waals surface area contributed by atoms with E-state index in [2.05, 4.69) is 6.07 Å². The van der Waals surface area contributed by atoms with E-state index in [1.807, 2.05) is 48.5 Å². The zero-order chi connectivity index (χ0) is 11.4. The molecule has 0 amide bonds. The van der Waals surface area contributed by atoms with Crippen molar-refractivity contribution >= 4 is 0 Å². The van der Waals surface area contributed by atoms with E-state index in [9.17, 15) is 0 Å². The molecule has 16 heavy (non-hydrogen) atoms. The minimum absolute atomic E-state index is 0.563. The van der Waals surface area contributed by atoms with Gasteiger partial charge < -0.3 is 5.73 Å². The Morgan fingerprint density at radius 3 is 1.81 bits per heavy atom. The number of benzene rings is 2. The number of nitrogens with two attached hydrogens (primary N) is 1. The number of hydrogen-bond donors (Lipinski definition) is 1. The van der Waals surface area contributed by atoms with Crippen molar-refractivity contribution in [1.29, 1.82) is 5.26 Å². The van der Waals surface area contributed by atoms with Gasteiger partial charge in [-0.25, -0.2) is 0 Å². The van der Waals surface area contributed by atoms with E-state index in [0.717, 1.165) is 16.7 Å². The van der Waals surface area contributed by atoms with Crippen LogP contribution in [0, 0.1) is 11.3 Å². The number of nitriles is 1. The van der Waals surface area contributed by atoms with Crippen LogP contribution in [0.2, 0.25) is 0 Å². The molecule has 0 bridgehead atoms. The lowest BCUT2D eigenvalue weighted by molar-refractivity contribution is 1.07. The minimum atomic E-state index is 0.563. The highest BCUT2D eigenvalue weighted by Crippen LogP contribution is 2.20. The summed E-state index contributed by atoms with van der Waals surface area (Å²) in [5.74, 6) is 0. The molecule has 2 N–H and O–H groups in total. The van der Waals surface area contributed by atoms with Crippen molar-refractivity contribution < 1.29 is 0 Å². The molecule has 0 aliphatic carbocycles. The van der Waals surface area contributed by atoms with Crippen LogP contribution in [0.1, 0.15) is 11.1 Å². The molecule has 2 nitrogen and oxygen atoms in total. The maximum Gasteiger partial charge on any atom is 0.0991 e. The SMILES string of the molecule is N#Cc1ccc(-c2ccc(CN)cc2)cc1. The van der Waals surface area contributed by atoms with Crippen molar-refractivity contribution in [3.05, 3.63) is 59.7 Å². The molecule has 2 heteroatoms. The highest BCUT2D eigenvalue weighted by atomic mass is 14.5. The summed E-state index contributed by atoms with van der Waals surface area (Å²) in [6.45, 7) is 0.563. The second kappa shape index (κ2) is 4.61. The molecule has 0 saturated carbocycles. The summed E-state index contributed by atoms with van der Waals surface area (Å²) in [6, 6.07) is 17.8. The van der Waals surface area contributed by atoms with Gasteiger partial charge in [-0.15, -0.1) is 0 Å². The van der Waals surface area contributed by atoms with Gasteiger partial charge in [0.15, 0.2) is 0 Å². The molecule has 0 radical (unpaired) electrons. The van der Waals surface area contributed by atoms with Crippen molar-refractivity contribution in [3.8, 4) is 17.2 Å². The molecule has 2 rings (SSSR count). The van der Waals surface area contributed by atoms with E-state index in [4.69, 9.17) is 11.0 Å². The van der Waals surface area contributed by atoms with Crippen molar-refractivity contribution in [3.63, 3.8) is 0 Å². The minimum Gasteiger partial charge on any atom is -0.326 e. The smallest absolute Gasteiger partial charge is 0.0991 e. The lowest BCUT2D eigenvalue weighted by atomic mass is 10.0. The highest BCUT2D eigenvalue weighted by Gasteiger charge is 1.97. The molecule has 0 spiro atoms. The van der Waals surface area contributed by atoms with Gasteiger partial charge in [0.05, 0.1) is 11.6 Å². The highest BCUT2D eigenvalue weighted by molar-refractivity contribution is 5.64. The fourth-order valence-corrected chi connectivity index (χ4v) is 1.57. The lowest BCUT2D eigenvalue weighted by Gasteiger charge is -2.03. The standard InChI is InChI=1S/C14H12N2/c15-9-11-1-5-13(6-2-11)14-7-3-12(10-16)4-8-14/h1-8H,9,15H2. The summed E-state index contributed by atoms with van der Waals surface area (Å²) < 4.78 is 0. The first-order valence-electron chi connectivity index (χ1n) is 5.13. The Balaban J connectivity index is 2.32. The topological polar surface area (TPSA) is 49.8 Å². The van der Waals surface area contributed by atoms with E-state index in [-0.39, 0.29) is 0 Å². The van der Waals surface area contributed by atoms with Crippen molar-refractivity contribution in [1.82, 2.24) is 0 Å². The van der Waals surface area contributed by atoms with E-state index in [1.165, 1.54) is 0 Å². The summed E-state index contributed by atoms with van der Waals surface area (Å²) in [5.41, 5.74) is 9.60. The Kier molecular flexibility index (Phi) is 3.00. The van der Waals surface area contributed by atoms with Crippen molar-refractivity contribution in [2.75, 3.05) is 0 Å². The molecule has 2 aromatic rings. The molecular formula is C14H12N2. The van der Waals surface area contributed by atoms with Crippen LogP contribution in [0.3, 0.4) is 0 Å². The van der Waals surface area contributed by atoms with Crippen LogP contribution in [0.5, 0.6) is 0 Å². The fraction of sp³-hybridized carbons (Fsp3) is 0.0714. The monoisotopic (exact) mass is 208 g/mol. The Labute approximate surface area is 95.0 Å². The summed E-state index contributed by atoms with van der Waals surface area (Å²) in [7, 11) is 0. The third-order valence-corrected chi connectivity index (χ3v) is 2.54. The van der Waals surface area contributed by atoms with Gasteiger partial charge in [-0.1, -0.05) is 36.4 Å². The molecule has 0 unspecified atom stereocenters. The third-order valence-electron chi connectivity index (χ3n) is 2.54. The maximum absolute atomic E-state index is 8.70. The van der Waals surface area contributed by atoms with Gasteiger partial charge in [-0.05, 0) is 28.8 Å². The van der Waals surface area contributed by atoms with Crippen LogP contribution in [0.4, 0.5) is 0 Å². The quantitative estimate of drug-likeness (QED) is 0.824. The number of nitrogens with zero attached hydrogens (tertiary/aromatic N) is 1. The van der Waals surface area contributed by atoms with Gasteiger partial charge in [0.25, 0.3) is 0 Å². The molecule has 0 aliphatic rings. The zero-order valence-electron chi connectivity index (χ0n) is 8.85. The average Bonchev–Trinajstić information content (AvgIpc) is 2.39. The normalized spacial score (nSPS) is 9.75. The van der Waals surface area contributed by atoms with E-state index < -0.39 is 0 Å². The van der Waals surface area contributed by atoms with Gasteiger partial charge in [-0.2, -0.15) is 5.26 Å². The molecule has 0 aliphatic heterocycles. The summed E-state index contributed by atoms with van der Waals surface area (Å²) in [4.78, 5) is 0. The molecule has 0 fully saturated rings. The maximum atomic E-state index is 8.70. The molecule has 0 atom stereocenters. The van der Waals surface area contributed by atoms with Crippen molar-refractivity contribution in [2.45, 2.75) is 6.54 Å². The summed E-state index contributed by atoms with van der Waals surface area (Å²) in [5, 5.41) is 8.70. The van der Waals surface area contributed by atoms with Crippen LogP contribution in [-0.4, -0.2) is 0 Å². The number of rotatable bonds is 2. The van der Waals surface area contributed by atoms with E-state index >= 15 is 0 Å². The van der Waals surface area contributed by atoms with Crippen LogP contribution in [-0.2, 0) is 6.54 Å². The van der Waals surface area contributed by atoms with Gasteiger partial charge >= 0.3 is 0 Å². The first-order valence-corrected chi connectivity index (χ1v) is 5.13. The molecule has 78 valence electrons. The first kappa shape index (κ1) is 10.4. The largest absolute Gasteiger partial charge is 0.326 e. The Hall–Kier alpha value is -2.11. The lowest BCUT2D eigenvalue weighted by Crippen LogP contribution is -1.95. The fourth-order valence-electron chi connectivity index (χ4n) is 1.57. The Morgan fingerprint density at radius 2 is 1.38 bits per heavy atom. The zero-order valence-corrected chi connectivity index (χ0v) is 8.85. The second-order valence-electron chi connectivity index (χ2n) is 3.59. The molecule has 0 saturated heterocycles. The second-order valence-corrected chi connectivity index (χ2v) is 3.59.